The summed E-state index contributed by atoms with van der Waals surface area (Å²) in [5.74, 6) is -2.87. The van der Waals surface area contributed by atoms with E-state index in [1.807, 2.05) is 35.2 Å². The number of hydrogen-bond donors (Lipinski definition) is 0. The van der Waals surface area contributed by atoms with Gasteiger partial charge in [0.05, 0.1) is 32.1 Å². The van der Waals surface area contributed by atoms with E-state index in [9.17, 15) is 14.4 Å². The van der Waals surface area contributed by atoms with Crippen molar-refractivity contribution in [2.24, 2.45) is 11.8 Å². The topological polar surface area (TPSA) is 72.9 Å². The Morgan fingerprint density at radius 3 is 2.29 bits per heavy atom. The molecular formula is C18H19NO5. The molecule has 1 saturated heterocycles. The SMILES string of the molecule is COC(=O)C1C(C(=O)OC)C2C(=O)C=CC1N2Cc1ccccc1. The van der Waals surface area contributed by atoms with Gasteiger partial charge in [-0.2, -0.15) is 0 Å². The molecule has 0 radical (unpaired) electrons. The Balaban J connectivity index is 2.00. The number of carbonyl (C=O) groups is 3. The van der Waals surface area contributed by atoms with Crippen molar-refractivity contribution in [3.63, 3.8) is 0 Å². The maximum Gasteiger partial charge on any atom is 0.311 e. The molecule has 126 valence electrons. The second-order valence-corrected chi connectivity index (χ2v) is 5.95. The zero-order chi connectivity index (χ0) is 17.3. The summed E-state index contributed by atoms with van der Waals surface area (Å²) >= 11 is 0. The maximum absolute atomic E-state index is 12.5. The predicted molar refractivity (Wildman–Crippen MR) is 84.7 cm³/mol. The average molecular weight is 329 g/mol. The van der Waals surface area contributed by atoms with Crippen LogP contribution in [-0.4, -0.2) is 48.9 Å². The first kappa shape index (κ1) is 16.4. The van der Waals surface area contributed by atoms with Gasteiger partial charge in [-0.25, -0.2) is 0 Å². The van der Waals surface area contributed by atoms with Crippen molar-refractivity contribution < 1.29 is 23.9 Å². The number of carbonyl (C=O) groups excluding carboxylic acids is 3. The molecule has 24 heavy (non-hydrogen) atoms. The molecule has 2 heterocycles. The van der Waals surface area contributed by atoms with Gasteiger partial charge in [0, 0.05) is 12.6 Å². The van der Waals surface area contributed by atoms with Gasteiger partial charge in [-0.05, 0) is 11.6 Å². The van der Waals surface area contributed by atoms with Crippen LogP contribution in [0.1, 0.15) is 5.56 Å². The summed E-state index contributed by atoms with van der Waals surface area (Å²) < 4.78 is 9.74. The summed E-state index contributed by atoms with van der Waals surface area (Å²) in [5.41, 5.74) is 1.00. The molecule has 4 unspecified atom stereocenters. The minimum absolute atomic E-state index is 0.191. The molecule has 6 nitrogen and oxygen atoms in total. The minimum Gasteiger partial charge on any atom is -0.469 e. The van der Waals surface area contributed by atoms with Gasteiger partial charge in [-0.1, -0.05) is 36.4 Å². The van der Waals surface area contributed by atoms with E-state index in [2.05, 4.69) is 0 Å². The summed E-state index contributed by atoms with van der Waals surface area (Å²) in [6.07, 6.45) is 3.14. The van der Waals surface area contributed by atoms with E-state index in [0.717, 1.165) is 5.56 Å². The fraction of sp³-hybridized carbons (Fsp3) is 0.389. The fourth-order valence-electron chi connectivity index (χ4n) is 3.70. The molecule has 2 aliphatic heterocycles. The molecule has 0 aromatic heterocycles. The van der Waals surface area contributed by atoms with E-state index in [0.29, 0.717) is 6.54 Å². The number of esters is 2. The number of fused-ring (bicyclic) bond motifs is 2. The Labute approximate surface area is 140 Å². The number of methoxy groups -OCH3 is 2. The summed E-state index contributed by atoms with van der Waals surface area (Å²) in [6, 6.07) is 8.54. The third-order valence-electron chi connectivity index (χ3n) is 4.74. The number of rotatable bonds is 4. The van der Waals surface area contributed by atoms with Gasteiger partial charge in [0.2, 0.25) is 0 Å². The van der Waals surface area contributed by atoms with Crippen molar-refractivity contribution in [1.29, 1.82) is 0 Å². The molecule has 1 aromatic carbocycles. The van der Waals surface area contributed by atoms with Gasteiger partial charge in [0.15, 0.2) is 5.78 Å². The van der Waals surface area contributed by atoms with Crippen molar-refractivity contribution in [3.05, 3.63) is 48.0 Å². The van der Waals surface area contributed by atoms with E-state index < -0.39 is 29.8 Å². The summed E-state index contributed by atoms with van der Waals surface area (Å²) in [7, 11) is 2.55. The first-order valence-corrected chi connectivity index (χ1v) is 7.76. The van der Waals surface area contributed by atoms with Crippen LogP contribution in [0.2, 0.25) is 0 Å². The minimum atomic E-state index is -0.862. The Morgan fingerprint density at radius 2 is 1.67 bits per heavy atom. The standard InChI is InChI=1S/C18H19NO5/c1-23-17(21)14-12-8-9-13(20)16(15(14)18(22)24-2)19(12)10-11-6-4-3-5-7-11/h3-9,12,14-16H,10H2,1-2H3. The molecule has 2 aliphatic rings. The molecule has 0 saturated carbocycles. The number of nitrogens with zero attached hydrogens (tertiary/aromatic N) is 1. The van der Waals surface area contributed by atoms with Crippen molar-refractivity contribution in [3.8, 4) is 0 Å². The highest BCUT2D eigenvalue weighted by atomic mass is 16.5. The average Bonchev–Trinajstić information content (AvgIpc) is 2.84. The lowest BCUT2D eigenvalue weighted by molar-refractivity contribution is -0.157. The normalized spacial score (nSPS) is 28.7. The smallest absolute Gasteiger partial charge is 0.311 e. The second kappa shape index (κ2) is 6.57. The Hall–Kier alpha value is -2.47. The molecular weight excluding hydrogens is 310 g/mol. The lowest BCUT2D eigenvalue weighted by Crippen LogP contribution is -2.45. The highest BCUT2D eigenvalue weighted by Gasteiger charge is 2.58. The molecule has 1 fully saturated rings. The summed E-state index contributed by atoms with van der Waals surface area (Å²) in [6.45, 7) is 0.466. The number of ketones is 1. The van der Waals surface area contributed by atoms with Gasteiger partial charge in [0.25, 0.3) is 0 Å². The van der Waals surface area contributed by atoms with Crippen molar-refractivity contribution in [2.75, 3.05) is 14.2 Å². The first-order chi connectivity index (χ1) is 11.6. The zero-order valence-corrected chi connectivity index (χ0v) is 13.5. The molecule has 6 heteroatoms. The van der Waals surface area contributed by atoms with E-state index in [4.69, 9.17) is 9.47 Å². The highest BCUT2D eigenvalue weighted by Crippen LogP contribution is 2.41. The van der Waals surface area contributed by atoms with Crippen LogP contribution < -0.4 is 0 Å². The molecule has 0 spiro atoms. The van der Waals surface area contributed by atoms with Gasteiger partial charge in [-0.15, -0.1) is 0 Å². The fourth-order valence-corrected chi connectivity index (χ4v) is 3.70. The Bertz CT molecular complexity index is 684. The second-order valence-electron chi connectivity index (χ2n) is 5.95. The molecule has 3 rings (SSSR count). The number of hydrogen-bond acceptors (Lipinski definition) is 6. The summed E-state index contributed by atoms with van der Waals surface area (Å²) in [5, 5.41) is 0. The van der Waals surface area contributed by atoms with Crippen LogP contribution in [0.5, 0.6) is 0 Å². The zero-order valence-electron chi connectivity index (χ0n) is 13.5. The van der Waals surface area contributed by atoms with E-state index in [1.165, 1.54) is 20.3 Å². The van der Waals surface area contributed by atoms with Gasteiger partial charge < -0.3 is 9.47 Å². The van der Waals surface area contributed by atoms with Crippen LogP contribution in [0.4, 0.5) is 0 Å². The van der Waals surface area contributed by atoms with E-state index >= 15 is 0 Å². The van der Waals surface area contributed by atoms with Crippen LogP contribution >= 0.6 is 0 Å². The Kier molecular flexibility index (Phi) is 4.49. The molecule has 2 bridgehead atoms. The third kappa shape index (κ3) is 2.63. The first-order valence-electron chi connectivity index (χ1n) is 7.76. The monoisotopic (exact) mass is 329 g/mol. The van der Waals surface area contributed by atoms with Crippen LogP contribution in [0.25, 0.3) is 0 Å². The third-order valence-corrected chi connectivity index (χ3v) is 4.74. The van der Waals surface area contributed by atoms with Crippen molar-refractivity contribution in [1.82, 2.24) is 4.90 Å². The number of ether oxygens (including phenoxy) is 2. The molecule has 4 atom stereocenters. The van der Waals surface area contributed by atoms with Crippen molar-refractivity contribution in [2.45, 2.75) is 18.6 Å². The van der Waals surface area contributed by atoms with Gasteiger partial charge in [-0.3, -0.25) is 19.3 Å². The van der Waals surface area contributed by atoms with Gasteiger partial charge >= 0.3 is 11.9 Å². The van der Waals surface area contributed by atoms with Crippen molar-refractivity contribution >= 4 is 17.7 Å². The maximum atomic E-state index is 12.5. The Morgan fingerprint density at radius 1 is 1.04 bits per heavy atom. The molecule has 1 aromatic rings. The van der Waals surface area contributed by atoms with Crippen LogP contribution in [0, 0.1) is 11.8 Å². The van der Waals surface area contributed by atoms with Gasteiger partial charge in [0.1, 0.15) is 0 Å². The number of benzene rings is 1. The lowest BCUT2D eigenvalue weighted by Gasteiger charge is -2.31. The van der Waals surface area contributed by atoms with E-state index in [1.54, 1.807) is 6.08 Å². The van der Waals surface area contributed by atoms with Crippen LogP contribution in [-0.2, 0) is 30.4 Å². The predicted octanol–water partition coefficient (Wildman–Crippen LogP) is 0.957. The largest absolute Gasteiger partial charge is 0.469 e. The molecule has 0 aliphatic carbocycles. The quantitative estimate of drug-likeness (QED) is 0.766. The van der Waals surface area contributed by atoms with E-state index in [-0.39, 0.29) is 11.8 Å². The molecule has 0 N–H and O–H groups in total. The molecule has 0 amide bonds. The highest BCUT2D eigenvalue weighted by molar-refractivity contribution is 6.01. The van der Waals surface area contributed by atoms with Crippen LogP contribution in [0.15, 0.2) is 42.5 Å². The summed E-state index contributed by atoms with van der Waals surface area (Å²) in [4.78, 5) is 38.9. The van der Waals surface area contributed by atoms with Crippen LogP contribution in [0.3, 0.4) is 0 Å². The lowest BCUT2D eigenvalue weighted by atomic mass is 9.87.